The fourth-order valence-electron chi connectivity index (χ4n) is 5.62. The van der Waals surface area contributed by atoms with Gasteiger partial charge >= 0.3 is 0 Å². The highest BCUT2D eigenvalue weighted by Crippen LogP contribution is 2.31. The number of rotatable bonds is 5. The Morgan fingerprint density at radius 1 is 0.318 bits per heavy atom. The predicted octanol–water partition coefficient (Wildman–Crippen LogP) is 9.91. The second kappa shape index (κ2) is 11.0. The van der Waals surface area contributed by atoms with Crippen molar-refractivity contribution in [3.63, 3.8) is 0 Å². The van der Waals surface area contributed by atoms with E-state index in [2.05, 4.69) is 126 Å². The smallest absolute Gasteiger partial charge is 0.160 e. The van der Waals surface area contributed by atoms with Crippen molar-refractivity contribution in [2.24, 2.45) is 0 Å². The summed E-state index contributed by atoms with van der Waals surface area (Å²) in [4.78, 5) is 19.7. The average Bonchev–Trinajstić information content (AvgIpc) is 3.12. The molecule has 0 spiro atoms. The van der Waals surface area contributed by atoms with Crippen molar-refractivity contribution in [1.82, 2.24) is 19.9 Å². The van der Waals surface area contributed by atoms with Crippen LogP contribution in [-0.2, 0) is 0 Å². The molecule has 0 amide bonds. The molecule has 4 nitrogen and oxygen atoms in total. The molecule has 3 aromatic heterocycles. The van der Waals surface area contributed by atoms with Crippen molar-refractivity contribution >= 4 is 21.8 Å². The van der Waals surface area contributed by atoms with Gasteiger partial charge in [0.1, 0.15) is 0 Å². The first-order chi connectivity index (χ1) is 21.8. The fourth-order valence-corrected chi connectivity index (χ4v) is 5.62. The van der Waals surface area contributed by atoms with Crippen LogP contribution in [0.2, 0.25) is 0 Å². The van der Waals surface area contributed by atoms with Crippen LogP contribution in [0.5, 0.6) is 0 Å². The summed E-state index contributed by atoms with van der Waals surface area (Å²) in [6.07, 6.45) is 1.82. The third-order valence-corrected chi connectivity index (χ3v) is 7.95. The predicted molar refractivity (Wildman–Crippen MR) is 180 cm³/mol. The van der Waals surface area contributed by atoms with Crippen LogP contribution < -0.4 is 0 Å². The van der Waals surface area contributed by atoms with Crippen LogP contribution in [-0.4, -0.2) is 19.9 Å². The molecule has 0 radical (unpaired) electrons. The largest absolute Gasteiger partial charge is 0.254 e. The van der Waals surface area contributed by atoms with E-state index < -0.39 is 0 Å². The summed E-state index contributed by atoms with van der Waals surface area (Å²) in [6, 6.07) is 52.1. The minimum absolute atomic E-state index is 0.695. The maximum absolute atomic E-state index is 5.04. The summed E-state index contributed by atoms with van der Waals surface area (Å²) >= 11 is 0. The minimum Gasteiger partial charge on any atom is -0.254 e. The van der Waals surface area contributed by atoms with E-state index in [1.807, 2.05) is 36.5 Å². The van der Waals surface area contributed by atoms with Gasteiger partial charge in [-0.25, -0.2) is 15.0 Å². The van der Waals surface area contributed by atoms with Gasteiger partial charge in [0, 0.05) is 39.2 Å². The quantitative estimate of drug-likeness (QED) is 0.196. The highest BCUT2D eigenvalue weighted by Gasteiger charge is 2.12. The van der Waals surface area contributed by atoms with Gasteiger partial charge in [-0.15, -0.1) is 0 Å². The number of hydrogen-bond donors (Lipinski definition) is 0. The molecule has 0 unspecified atom stereocenters. The van der Waals surface area contributed by atoms with E-state index in [-0.39, 0.29) is 0 Å². The van der Waals surface area contributed by atoms with Crippen LogP contribution in [0.25, 0.3) is 78.1 Å². The van der Waals surface area contributed by atoms with Gasteiger partial charge in [-0.05, 0) is 29.3 Å². The number of fused-ring (bicyclic) bond motifs is 3. The van der Waals surface area contributed by atoms with Crippen LogP contribution in [0.4, 0.5) is 0 Å². The van der Waals surface area contributed by atoms with Gasteiger partial charge in [0.15, 0.2) is 5.82 Å². The molecule has 0 aliphatic heterocycles. The van der Waals surface area contributed by atoms with E-state index in [9.17, 15) is 0 Å². The molecule has 0 saturated carbocycles. The average molecular weight is 563 g/mol. The lowest BCUT2D eigenvalue weighted by molar-refractivity contribution is 1.18. The zero-order valence-corrected chi connectivity index (χ0v) is 23.8. The van der Waals surface area contributed by atoms with Gasteiger partial charge < -0.3 is 0 Å². The number of hydrogen-bond acceptors (Lipinski definition) is 4. The Labute approximate surface area is 255 Å². The van der Waals surface area contributed by atoms with Crippen LogP contribution in [0.15, 0.2) is 158 Å². The molecule has 3 heterocycles. The first kappa shape index (κ1) is 25.7. The van der Waals surface area contributed by atoms with E-state index >= 15 is 0 Å². The van der Waals surface area contributed by atoms with Crippen molar-refractivity contribution in [1.29, 1.82) is 0 Å². The lowest BCUT2D eigenvalue weighted by Crippen LogP contribution is -1.96. The molecule has 0 aliphatic rings. The van der Waals surface area contributed by atoms with Crippen LogP contribution in [0, 0.1) is 0 Å². The Morgan fingerprint density at radius 3 is 1.50 bits per heavy atom. The molecule has 206 valence electrons. The van der Waals surface area contributed by atoms with Crippen LogP contribution >= 0.6 is 0 Å². The molecular weight excluding hydrogens is 536 g/mol. The Morgan fingerprint density at radius 2 is 0.818 bits per heavy atom. The molecule has 5 aromatic carbocycles. The van der Waals surface area contributed by atoms with Crippen molar-refractivity contribution in [2.45, 2.75) is 0 Å². The third kappa shape index (κ3) is 4.89. The highest BCUT2D eigenvalue weighted by atomic mass is 14.9. The van der Waals surface area contributed by atoms with Gasteiger partial charge in [0.2, 0.25) is 0 Å². The molecule has 0 bridgehead atoms. The summed E-state index contributed by atoms with van der Waals surface area (Å²) in [5.74, 6) is 0.695. The van der Waals surface area contributed by atoms with Gasteiger partial charge in [0.25, 0.3) is 0 Å². The van der Waals surface area contributed by atoms with Crippen LogP contribution in [0.3, 0.4) is 0 Å². The normalized spacial score (nSPS) is 11.2. The number of pyridine rings is 2. The van der Waals surface area contributed by atoms with Crippen molar-refractivity contribution in [2.75, 3.05) is 0 Å². The molecule has 0 atom stereocenters. The van der Waals surface area contributed by atoms with Crippen LogP contribution in [0.1, 0.15) is 0 Å². The monoisotopic (exact) mass is 562 g/mol. The molecule has 8 aromatic rings. The molecule has 4 heteroatoms. The highest BCUT2D eigenvalue weighted by molar-refractivity contribution is 6.03. The lowest BCUT2D eigenvalue weighted by atomic mass is 10.0. The second-order valence-corrected chi connectivity index (χ2v) is 10.8. The third-order valence-electron chi connectivity index (χ3n) is 7.95. The summed E-state index contributed by atoms with van der Waals surface area (Å²) in [5.41, 5.74) is 10.9. The first-order valence-electron chi connectivity index (χ1n) is 14.6. The molecule has 0 N–H and O–H groups in total. The second-order valence-electron chi connectivity index (χ2n) is 10.8. The lowest BCUT2D eigenvalue weighted by Gasteiger charge is -2.11. The number of aromatic nitrogens is 4. The zero-order chi connectivity index (χ0) is 29.3. The van der Waals surface area contributed by atoms with E-state index in [1.54, 1.807) is 0 Å². The summed E-state index contributed by atoms with van der Waals surface area (Å²) in [6.45, 7) is 0. The minimum atomic E-state index is 0.695. The summed E-state index contributed by atoms with van der Waals surface area (Å²) < 4.78 is 0. The summed E-state index contributed by atoms with van der Waals surface area (Å²) in [5, 5.41) is 2.17. The standard InChI is InChI=1S/C40H26N4/c1-3-8-27(9-4-1)28-13-21-34(22-14-28)40-43-36(29-10-5-2-6-11-29)26-37(44-40)31-17-15-30(16-18-31)35-24-23-33-20-19-32-12-7-25-41-38(32)39(33)42-35/h1-26H. The maximum atomic E-state index is 5.04. The molecular formula is C40H26N4. The van der Waals surface area contributed by atoms with Gasteiger partial charge in [-0.2, -0.15) is 0 Å². The topological polar surface area (TPSA) is 51.6 Å². The zero-order valence-electron chi connectivity index (χ0n) is 23.8. The molecule has 8 rings (SSSR count). The number of nitrogens with zero attached hydrogens (tertiary/aromatic N) is 4. The molecule has 44 heavy (non-hydrogen) atoms. The van der Waals surface area contributed by atoms with E-state index in [0.29, 0.717) is 5.82 Å². The van der Waals surface area contributed by atoms with Gasteiger partial charge in [0.05, 0.1) is 28.1 Å². The van der Waals surface area contributed by atoms with E-state index in [0.717, 1.165) is 66.7 Å². The SMILES string of the molecule is c1ccc(-c2ccc(-c3nc(-c4ccccc4)cc(-c4ccc(-c5ccc6ccc7cccnc7c6n5)cc4)n3)cc2)cc1. The van der Waals surface area contributed by atoms with E-state index in [4.69, 9.17) is 15.0 Å². The van der Waals surface area contributed by atoms with Crippen molar-refractivity contribution in [3.8, 4) is 56.3 Å². The van der Waals surface area contributed by atoms with Gasteiger partial charge in [-0.1, -0.05) is 133 Å². The Balaban J connectivity index is 1.18. The number of benzene rings is 5. The van der Waals surface area contributed by atoms with Gasteiger partial charge in [-0.3, -0.25) is 4.98 Å². The molecule has 0 saturated heterocycles. The Kier molecular flexibility index (Phi) is 6.43. The molecule has 0 aliphatic carbocycles. The molecule has 0 fully saturated rings. The Bertz CT molecular complexity index is 2240. The summed E-state index contributed by atoms with van der Waals surface area (Å²) in [7, 11) is 0. The van der Waals surface area contributed by atoms with Crippen molar-refractivity contribution < 1.29 is 0 Å². The van der Waals surface area contributed by atoms with E-state index in [1.165, 1.54) is 5.56 Å². The van der Waals surface area contributed by atoms with Crippen molar-refractivity contribution in [3.05, 3.63) is 158 Å². The first-order valence-corrected chi connectivity index (χ1v) is 14.6. The fraction of sp³-hybridized carbons (Fsp3) is 0. The maximum Gasteiger partial charge on any atom is 0.160 e. The Hall–Kier alpha value is -6.00.